The molecule has 1 unspecified atom stereocenters. The molecule has 3 fully saturated rings. The highest BCUT2D eigenvalue weighted by Gasteiger charge is 2.75. The second-order valence-corrected chi connectivity index (χ2v) is 12.6. The first-order valence-electron chi connectivity index (χ1n) is 16.2. The molecule has 238 valence electrons. The summed E-state index contributed by atoms with van der Waals surface area (Å²) in [6.07, 6.45) is 11.0. The number of cyclic esters (lactones) is 1. The van der Waals surface area contributed by atoms with Crippen LogP contribution in [0.2, 0.25) is 0 Å². The number of nitrogens with zero attached hydrogens (tertiary/aromatic N) is 3. The molecule has 5 aliphatic heterocycles. The van der Waals surface area contributed by atoms with E-state index in [1.165, 1.54) is 0 Å². The molecular formula is C34H45N3O7. The molecule has 5 aliphatic rings. The lowest BCUT2D eigenvalue weighted by atomic mass is 9.73. The number of fused-ring (bicyclic) bond motifs is 2. The fourth-order valence-corrected chi connectivity index (χ4v) is 7.84. The molecule has 3 saturated heterocycles. The summed E-state index contributed by atoms with van der Waals surface area (Å²) < 4.78 is 18.3. The molecule has 0 saturated carbocycles. The predicted octanol–water partition coefficient (Wildman–Crippen LogP) is 1.96. The van der Waals surface area contributed by atoms with Gasteiger partial charge in [-0.25, -0.2) is 0 Å². The molecule has 6 rings (SSSR count). The van der Waals surface area contributed by atoms with E-state index in [1.54, 1.807) is 9.80 Å². The van der Waals surface area contributed by atoms with Crippen LogP contribution in [0.1, 0.15) is 38.2 Å². The third-order valence-corrected chi connectivity index (χ3v) is 10.1. The average molecular weight is 608 g/mol. The number of aliphatic hydroxyl groups excluding tert-OH is 1. The van der Waals surface area contributed by atoms with Gasteiger partial charge in [-0.15, -0.1) is 0 Å². The molecule has 0 bridgehead atoms. The fourth-order valence-electron chi connectivity index (χ4n) is 7.84. The lowest BCUT2D eigenvalue weighted by molar-refractivity contribution is -0.163. The summed E-state index contributed by atoms with van der Waals surface area (Å²) in [6, 6.07) is 7.93. The molecule has 10 nitrogen and oxygen atoms in total. The van der Waals surface area contributed by atoms with Crippen LogP contribution in [0.3, 0.4) is 0 Å². The number of benzene rings is 1. The third-order valence-electron chi connectivity index (χ3n) is 10.1. The number of carbonyl (C=O) groups is 3. The van der Waals surface area contributed by atoms with Gasteiger partial charge in [-0.05, 0) is 37.7 Å². The summed E-state index contributed by atoms with van der Waals surface area (Å²) in [7, 11) is 0. The van der Waals surface area contributed by atoms with E-state index in [9.17, 15) is 19.5 Å². The molecule has 1 aromatic carbocycles. The summed E-state index contributed by atoms with van der Waals surface area (Å²) >= 11 is 0. The Bertz CT molecular complexity index is 1260. The Labute approximate surface area is 259 Å². The van der Waals surface area contributed by atoms with Crippen LogP contribution in [0.15, 0.2) is 54.6 Å². The van der Waals surface area contributed by atoms with E-state index in [-0.39, 0.29) is 25.0 Å². The number of amides is 2. The van der Waals surface area contributed by atoms with Crippen LogP contribution in [-0.4, -0.2) is 120 Å². The van der Waals surface area contributed by atoms with Crippen LogP contribution in [0.5, 0.6) is 0 Å². The Balaban J connectivity index is 1.42. The Morgan fingerprint density at radius 2 is 1.75 bits per heavy atom. The number of hydrogen-bond donors (Lipinski definition) is 1. The van der Waals surface area contributed by atoms with E-state index in [4.69, 9.17) is 14.2 Å². The van der Waals surface area contributed by atoms with Crippen LogP contribution in [-0.2, 0) is 35.0 Å². The maximum atomic E-state index is 14.8. The first kappa shape index (κ1) is 31.0. The van der Waals surface area contributed by atoms with E-state index in [2.05, 4.69) is 4.90 Å². The van der Waals surface area contributed by atoms with Gasteiger partial charge in [-0.3, -0.25) is 19.3 Å². The minimum Gasteiger partial charge on any atom is -0.465 e. The zero-order valence-corrected chi connectivity index (χ0v) is 25.6. The molecule has 1 N–H and O–H groups in total. The van der Waals surface area contributed by atoms with Crippen LogP contribution in [0, 0.1) is 11.8 Å². The highest BCUT2D eigenvalue weighted by molar-refractivity contribution is 5.99. The van der Waals surface area contributed by atoms with Crippen molar-refractivity contribution < 1.29 is 33.7 Å². The first-order valence-corrected chi connectivity index (χ1v) is 16.2. The Morgan fingerprint density at radius 1 is 0.955 bits per heavy atom. The third kappa shape index (κ3) is 5.50. The van der Waals surface area contributed by atoms with Crippen LogP contribution < -0.4 is 0 Å². The van der Waals surface area contributed by atoms with Gasteiger partial charge in [0.1, 0.15) is 23.2 Å². The van der Waals surface area contributed by atoms with Crippen molar-refractivity contribution in [3.63, 3.8) is 0 Å². The zero-order chi connectivity index (χ0) is 30.7. The quantitative estimate of drug-likeness (QED) is 0.353. The second-order valence-electron chi connectivity index (χ2n) is 12.6. The predicted molar refractivity (Wildman–Crippen MR) is 162 cm³/mol. The molecule has 0 radical (unpaired) electrons. The standard InChI is InChI=1S/C34H45N3O7/c1-2-33-13-8-3-4-9-20-43-32(41)28(33)27-30(39)37(26(24-38)23-25-11-6-5-7-12-25)29-31(40)36(15-10-14-34(27,29)44-33)17-16-35-18-21-42-22-19-35/h5-8,10-14,26-29,38H,2-4,9,15-24H2,1H3/b13-8-/t26-,27+,28-,29?,33+,34+/m1/s1. The van der Waals surface area contributed by atoms with E-state index >= 15 is 0 Å². The van der Waals surface area contributed by atoms with Crippen molar-refractivity contribution in [2.24, 2.45) is 11.8 Å². The maximum absolute atomic E-state index is 14.8. The zero-order valence-electron chi connectivity index (χ0n) is 25.6. The normalized spacial score (nSPS) is 34.1. The molecule has 2 amide bonds. The van der Waals surface area contributed by atoms with Gasteiger partial charge < -0.3 is 29.1 Å². The largest absolute Gasteiger partial charge is 0.465 e. The van der Waals surface area contributed by atoms with Crippen LogP contribution >= 0.6 is 0 Å². The lowest BCUT2D eigenvalue weighted by Crippen LogP contribution is -2.59. The van der Waals surface area contributed by atoms with Crippen LogP contribution in [0.25, 0.3) is 0 Å². The number of hydrogen-bond acceptors (Lipinski definition) is 8. The molecule has 6 atom stereocenters. The number of morpholine rings is 1. The summed E-state index contributed by atoms with van der Waals surface area (Å²) in [5.74, 6) is -2.92. The van der Waals surface area contributed by atoms with Gasteiger partial charge in [0.15, 0.2) is 0 Å². The van der Waals surface area contributed by atoms with E-state index < -0.39 is 41.1 Å². The smallest absolute Gasteiger partial charge is 0.313 e. The molecule has 0 aliphatic carbocycles. The summed E-state index contributed by atoms with van der Waals surface area (Å²) in [5, 5.41) is 10.7. The van der Waals surface area contributed by atoms with Gasteiger partial charge in [0.25, 0.3) is 0 Å². The highest BCUT2D eigenvalue weighted by Crippen LogP contribution is 2.58. The minimum atomic E-state index is -1.38. The van der Waals surface area contributed by atoms with Gasteiger partial charge in [-0.1, -0.05) is 61.6 Å². The van der Waals surface area contributed by atoms with Crippen molar-refractivity contribution in [3.05, 3.63) is 60.2 Å². The number of esters is 1. The summed E-state index contributed by atoms with van der Waals surface area (Å²) in [6.45, 7) is 6.37. The van der Waals surface area contributed by atoms with Gasteiger partial charge in [0.05, 0.1) is 38.4 Å². The number of ether oxygens (including phenoxy) is 3. The van der Waals surface area contributed by atoms with E-state index in [0.717, 1.165) is 37.9 Å². The summed E-state index contributed by atoms with van der Waals surface area (Å²) in [4.78, 5) is 49.0. The maximum Gasteiger partial charge on any atom is 0.313 e. The van der Waals surface area contributed by atoms with Crippen LogP contribution in [0.4, 0.5) is 0 Å². The number of rotatable bonds is 8. The second kappa shape index (κ2) is 13.1. The van der Waals surface area contributed by atoms with Crippen molar-refractivity contribution >= 4 is 17.8 Å². The van der Waals surface area contributed by atoms with Crippen molar-refractivity contribution in [1.29, 1.82) is 0 Å². The number of carbonyl (C=O) groups excluding carboxylic acids is 3. The summed E-state index contributed by atoms with van der Waals surface area (Å²) in [5.41, 5.74) is -1.54. The topological polar surface area (TPSA) is 109 Å². The monoisotopic (exact) mass is 607 g/mol. The molecule has 1 aromatic rings. The molecule has 1 spiro atoms. The first-order chi connectivity index (χ1) is 21.4. The van der Waals surface area contributed by atoms with Gasteiger partial charge in [0, 0.05) is 32.7 Å². The SMILES string of the molecule is CC[C@]12/C=C\CCCCOC(=O)[C@H]1[C@H]1C(=O)N([C@@H](CO)Cc3ccccc3)C3C(=O)N(CCN4CCOCC4)CC=C[C@@]31O2. The number of aliphatic hydroxyl groups is 1. The van der Waals surface area contributed by atoms with Gasteiger partial charge >= 0.3 is 5.97 Å². The molecule has 0 aromatic heterocycles. The lowest BCUT2D eigenvalue weighted by Gasteiger charge is -2.41. The fraction of sp³-hybridized carbons (Fsp3) is 0.618. The Hall–Kier alpha value is -3.05. The van der Waals surface area contributed by atoms with Gasteiger partial charge in [-0.2, -0.15) is 0 Å². The van der Waals surface area contributed by atoms with Crippen molar-refractivity contribution in [3.8, 4) is 0 Å². The molecule has 10 heteroatoms. The number of allylic oxidation sites excluding steroid dienone is 1. The average Bonchev–Trinajstić information content (AvgIpc) is 3.41. The van der Waals surface area contributed by atoms with E-state index in [0.29, 0.717) is 45.7 Å². The molecular weight excluding hydrogens is 562 g/mol. The van der Waals surface area contributed by atoms with E-state index in [1.807, 2.05) is 61.6 Å². The Kier molecular flexibility index (Phi) is 9.23. The molecule has 44 heavy (non-hydrogen) atoms. The number of likely N-dealkylation sites (tertiary alicyclic amines) is 1. The van der Waals surface area contributed by atoms with Crippen molar-refractivity contribution in [1.82, 2.24) is 14.7 Å². The van der Waals surface area contributed by atoms with Crippen molar-refractivity contribution in [2.45, 2.75) is 62.3 Å². The molecule has 5 heterocycles. The van der Waals surface area contributed by atoms with Crippen molar-refractivity contribution in [2.75, 3.05) is 59.2 Å². The van der Waals surface area contributed by atoms with Gasteiger partial charge in [0.2, 0.25) is 11.8 Å². The highest BCUT2D eigenvalue weighted by atomic mass is 16.6. The minimum absolute atomic E-state index is 0.224. The Morgan fingerprint density at radius 3 is 2.50 bits per heavy atom.